The third kappa shape index (κ3) is 6.30. The zero-order valence-corrected chi connectivity index (χ0v) is 18.2. The molecule has 0 atom stereocenters. The Balaban J connectivity index is 1.90. The molecule has 0 aliphatic heterocycles. The Bertz CT molecular complexity index is 1260. The fourth-order valence-corrected chi connectivity index (χ4v) is 3.04. The molecule has 3 rings (SSSR count). The molecule has 0 bridgehead atoms. The number of furan rings is 1. The molecule has 0 fully saturated rings. The first kappa shape index (κ1) is 23.3. The summed E-state index contributed by atoms with van der Waals surface area (Å²) in [7, 11) is -3.87. The van der Waals surface area contributed by atoms with E-state index in [9.17, 15) is 22.9 Å². The Kier molecular flexibility index (Phi) is 7.13. The van der Waals surface area contributed by atoms with E-state index in [4.69, 9.17) is 14.2 Å². The summed E-state index contributed by atoms with van der Waals surface area (Å²) < 4.78 is 47.5. The van der Waals surface area contributed by atoms with E-state index >= 15 is 0 Å². The molecular formula is C15H14BrFN8O6S. The minimum absolute atomic E-state index is 0.0177. The van der Waals surface area contributed by atoms with Gasteiger partial charge in [-0.25, -0.2) is 18.9 Å². The number of benzene rings is 1. The molecule has 170 valence electrons. The van der Waals surface area contributed by atoms with Crippen molar-refractivity contribution in [1.82, 2.24) is 15.0 Å². The number of anilines is 2. The molecular weight excluding hydrogens is 519 g/mol. The number of hydrogen-bond donors (Lipinski definition) is 4. The van der Waals surface area contributed by atoms with Crippen LogP contribution in [0, 0.1) is 15.9 Å². The molecule has 0 unspecified atom stereocenters. The molecule has 0 aliphatic carbocycles. The van der Waals surface area contributed by atoms with E-state index in [-0.39, 0.29) is 40.8 Å². The zero-order valence-electron chi connectivity index (χ0n) is 15.8. The summed E-state index contributed by atoms with van der Waals surface area (Å²) in [4.78, 5) is 14.3. The molecule has 5 N–H and O–H groups in total. The van der Waals surface area contributed by atoms with Crippen LogP contribution < -0.4 is 20.5 Å². The number of aromatic nitrogens is 2. The lowest BCUT2D eigenvalue weighted by Gasteiger charge is -2.10. The number of nitrogens with two attached hydrogens (primary N) is 1. The highest BCUT2D eigenvalue weighted by Crippen LogP contribution is 2.26. The van der Waals surface area contributed by atoms with E-state index in [1.165, 1.54) is 24.3 Å². The smallest absolute Gasteiger partial charge is 0.382 e. The van der Waals surface area contributed by atoms with Gasteiger partial charge in [0.25, 0.3) is 10.2 Å². The zero-order chi connectivity index (χ0) is 23.3. The Hall–Kier alpha value is -3.41. The maximum atomic E-state index is 13.6. The summed E-state index contributed by atoms with van der Waals surface area (Å²) >= 11 is 3.07. The maximum Gasteiger partial charge on any atom is 0.434 e. The van der Waals surface area contributed by atoms with Crippen molar-refractivity contribution >= 4 is 55.2 Å². The second kappa shape index (κ2) is 9.81. The minimum atomic E-state index is -3.87. The second-order valence-electron chi connectivity index (χ2n) is 5.91. The Morgan fingerprint density at radius 1 is 1.28 bits per heavy atom. The molecule has 0 saturated carbocycles. The molecule has 0 aliphatic rings. The summed E-state index contributed by atoms with van der Waals surface area (Å²) in [5.41, 5.74) is 0.406. The van der Waals surface area contributed by atoms with Gasteiger partial charge in [-0.1, -0.05) is 0 Å². The van der Waals surface area contributed by atoms with Crippen LogP contribution in [0.25, 0.3) is 0 Å². The van der Waals surface area contributed by atoms with Crippen molar-refractivity contribution in [2.24, 2.45) is 10.1 Å². The maximum absolute atomic E-state index is 13.6. The largest absolute Gasteiger partial charge is 0.434 e. The predicted octanol–water partition coefficient (Wildman–Crippen LogP) is 1.87. The minimum Gasteiger partial charge on any atom is -0.382 e. The SMILES string of the molecule is NS(=O)(=O)NCCNc1nonc1C(=Nc1ccc([N+](=O)[O-])o1)Nc1ccc(F)c(Br)c1. The molecule has 1 aromatic carbocycles. The highest BCUT2D eigenvalue weighted by Gasteiger charge is 2.20. The summed E-state index contributed by atoms with van der Waals surface area (Å²) in [6, 6.07) is 6.41. The molecule has 17 heteroatoms. The van der Waals surface area contributed by atoms with Gasteiger partial charge in [-0.3, -0.25) is 10.1 Å². The summed E-state index contributed by atoms with van der Waals surface area (Å²) in [6.45, 7) is -0.0143. The van der Waals surface area contributed by atoms with Crippen LogP contribution in [0.5, 0.6) is 0 Å². The van der Waals surface area contributed by atoms with Gasteiger partial charge in [-0.15, -0.1) is 0 Å². The highest BCUT2D eigenvalue weighted by atomic mass is 79.9. The fraction of sp³-hybridized carbons (Fsp3) is 0.133. The van der Waals surface area contributed by atoms with E-state index in [2.05, 4.69) is 46.6 Å². The summed E-state index contributed by atoms with van der Waals surface area (Å²) in [5.74, 6) is -1.11. The third-order valence-corrected chi connectivity index (χ3v) is 4.81. The Morgan fingerprint density at radius 2 is 2.06 bits per heavy atom. The summed E-state index contributed by atoms with van der Waals surface area (Å²) in [6.07, 6.45) is 0. The first-order valence-corrected chi connectivity index (χ1v) is 10.9. The molecule has 32 heavy (non-hydrogen) atoms. The standard InChI is InChI=1S/C15H14BrFN8O6S/c16-9-7-8(1-2-10(9)17)21-15(22-11-3-4-12(30-11)25(26)27)13-14(24-31-23-13)19-5-6-20-32(18,28)29/h1-4,7,20H,5-6H2,(H,19,24)(H,21,22)(H2,18,28,29). The average molecular weight is 533 g/mol. The van der Waals surface area contributed by atoms with Crippen molar-refractivity contribution in [1.29, 1.82) is 0 Å². The van der Waals surface area contributed by atoms with Crippen LogP contribution in [-0.4, -0.2) is 42.6 Å². The van der Waals surface area contributed by atoms with Crippen LogP contribution in [0.1, 0.15) is 5.69 Å². The number of nitrogens with zero attached hydrogens (tertiary/aromatic N) is 4. The van der Waals surface area contributed by atoms with Crippen LogP contribution in [0.3, 0.4) is 0 Å². The van der Waals surface area contributed by atoms with E-state index in [1.54, 1.807) is 0 Å². The van der Waals surface area contributed by atoms with Gasteiger partial charge in [0, 0.05) is 24.8 Å². The van der Waals surface area contributed by atoms with Gasteiger partial charge >= 0.3 is 5.88 Å². The quantitative estimate of drug-likeness (QED) is 0.103. The number of nitro groups is 1. The monoisotopic (exact) mass is 532 g/mol. The van der Waals surface area contributed by atoms with Crippen LogP contribution in [-0.2, 0) is 10.2 Å². The predicted molar refractivity (Wildman–Crippen MR) is 113 cm³/mol. The normalized spacial score (nSPS) is 12.0. The lowest BCUT2D eigenvalue weighted by Crippen LogP contribution is -2.34. The lowest BCUT2D eigenvalue weighted by molar-refractivity contribution is -0.401. The fourth-order valence-electron chi connectivity index (χ4n) is 2.27. The first-order valence-electron chi connectivity index (χ1n) is 8.51. The van der Waals surface area contributed by atoms with Gasteiger partial charge in [0.15, 0.2) is 11.5 Å². The van der Waals surface area contributed by atoms with Crippen molar-refractivity contribution < 1.29 is 26.8 Å². The van der Waals surface area contributed by atoms with Crippen LogP contribution in [0.15, 0.2) is 48.8 Å². The van der Waals surface area contributed by atoms with Crippen LogP contribution >= 0.6 is 15.9 Å². The third-order valence-electron chi connectivity index (χ3n) is 3.60. The van der Waals surface area contributed by atoms with Crippen molar-refractivity contribution in [2.75, 3.05) is 23.7 Å². The number of aliphatic imine (C=N–C) groups is 1. The van der Waals surface area contributed by atoms with Crippen molar-refractivity contribution in [2.45, 2.75) is 0 Å². The highest BCUT2D eigenvalue weighted by molar-refractivity contribution is 9.10. The van der Waals surface area contributed by atoms with Gasteiger partial charge < -0.3 is 15.1 Å². The van der Waals surface area contributed by atoms with Gasteiger partial charge in [-0.05, 0) is 44.4 Å². The molecule has 2 heterocycles. The van der Waals surface area contributed by atoms with Gasteiger partial charge in [-0.2, -0.15) is 13.4 Å². The van der Waals surface area contributed by atoms with Gasteiger partial charge in [0.2, 0.25) is 11.7 Å². The molecule has 2 aromatic heterocycles. The number of hydrogen-bond acceptors (Lipinski definition) is 10. The van der Waals surface area contributed by atoms with Crippen molar-refractivity contribution in [3.63, 3.8) is 0 Å². The first-order chi connectivity index (χ1) is 15.1. The number of amidine groups is 1. The number of rotatable bonds is 9. The van der Waals surface area contributed by atoms with Crippen LogP contribution in [0.4, 0.5) is 27.7 Å². The molecule has 0 spiro atoms. The molecule has 0 radical (unpaired) electrons. The second-order valence-corrected chi connectivity index (χ2v) is 8.14. The van der Waals surface area contributed by atoms with E-state index in [0.29, 0.717) is 5.69 Å². The van der Waals surface area contributed by atoms with Crippen molar-refractivity contribution in [3.05, 3.63) is 56.4 Å². The number of halogens is 2. The number of nitrogens with one attached hydrogen (secondary N) is 3. The van der Waals surface area contributed by atoms with Crippen LogP contribution in [0.2, 0.25) is 0 Å². The lowest BCUT2D eigenvalue weighted by atomic mass is 10.3. The topological polar surface area (TPSA) is 204 Å². The molecule has 0 saturated heterocycles. The molecule has 14 nitrogen and oxygen atoms in total. The van der Waals surface area contributed by atoms with E-state index < -0.39 is 26.8 Å². The van der Waals surface area contributed by atoms with E-state index in [0.717, 1.165) is 6.07 Å². The summed E-state index contributed by atoms with van der Waals surface area (Å²) in [5, 5.41) is 28.8. The molecule has 0 amide bonds. The van der Waals surface area contributed by atoms with Gasteiger partial charge in [0.1, 0.15) is 10.7 Å². The Labute approximate surface area is 187 Å². The van der Waals surface area contributed by atoms with Gasteiger partial charge in [0.05, 0.1) is 10.5 Å². The molecule has 3 aromatic rings. The van der Waals surface area contributed by atoms with Crippen molar-refractivity contribution in [3.8, 4) is 0 Å². The van der Waals surface area contributed by atoms with E-state index in [1.807, 2.05) is 0 Å². The Morgan fingerprint density at radius 3 is 2.72 bits per heavy atom. The average Bonchev–Trinajstić information content (AvgIpc) is 3.36.